The number of aryl methyl sites for hydroxylation is 1. The maximum absolute atomic E-state index is 9.02. The Balaban J connectivity index is 1.62. The molecule has 5 rings (SSSR count). The number of nitrogens with one attached hydrogen (secondary N) is 2. The van der Waals surface area contributed by atoms with E-state index in [1.54, 1.807) is 12.1 Å². The molecule has 0 amide bonds. The number of aromatic nitrogens is 3. The lowest BCUT2D eigenvalue weighted by Gasteiger charge is -2.15. The lowest BCUT2D eigenvalue weighted by atomic mass is 9.94. The van der Waals surface area contributed by atoms with Crippen LogP contribution in [0.2, 0.25) is 0 Å². The van der Waals surface area contributed by atoms with Gasteiger partial charge >= 0.3 is 0 Å². The van der Waals surface area contributed by atoms with Crippen molar-refractivity contribution in [1.82, 2.24) is 15.0 Å². The Morgan fingerprint density at radius 3 is 2.53 bits per heavy atom. The summed E-state index contributed by atoms with van der Waals surface area (Å²) in [5.41, 5.74) is 5.86. The number of pyridine rings is 1. The van der Waals surface area contributed by atoms with Crippen LogP contribution in [0.3, 0.4) is 0 Å². The second-order valence-electron chi connectivity index (χ2n) is 7.54. The third-order valence-corrected chi connectivity index (χ3v) is 5.52. The van der Waals surface area contributed by atoms with Gasteiger partial charge in [-0.15, -0.1) is 0 Å². The number of anilines is 3. The quantitative estimate of drug-likeness (QED) is 0.384. The van der Waals surface area contributed by atoms with E-state index in [4.69, 9.17) is 5.26 Å². The van der Waals surface area contributed by atoms with Crippen LogP contribution in [0.5, 0.6) is 0 Å². The molecule has 2 aromatic heterocycles. The fraction of sp³-hybridized carbons (Fsp3) is 0.0769. The third-order valence-electron chi connectivity index (χ3n) is 5.52. The minimum Gasteiger partial charge on any atom is -0.357 e. The van der Waals surface area contributed by atoms with Crippen LogP contribution in [0.4, 0.5) is 17.5 Å². The molecule has 0 aliphatic rings. The van der Waals surface area contributed by atoms with Crippen LogP contribution in [-0.2, 0) is 0 Å². The molecule has 0 radical (unpaired) electrons. The van der Waals surface area contributed by atoms with Crippen LogP contribution >= 0.6 is 0 Å². The van der Waals surface area contributed by atoms with Gasteiger partial charge in [0.1, 0.15) is 5.82 Å². The van der Waals surface area contributed by atoms with Gasteiger partial charge in [0, 0.05) is 35.9 Å². The summed E-state index contributed by atoms with van der Waals surface area (Å²) < 4.78 is 0. The molecule has 6 heteroatoms. The van der Waals surface area contributed by atoms with Crippen molar-refractivity contribution in [3.63, 3.8) is 0 Å². The highest BCUT2D eigenvalue weighted by atomic mass is 15.1. The second-order valence-corrected chi connectivity index (χ2v) is 7.54. The normalized spacial score (nSPS) is 10.8. The van der Waals surface area contributed by atoms with Crippen LogP contribution in [-0.4, -0.2) is 22.0 Å². The molecule has 0 unspecified atom stereocenters. The molecule has 2 N–H and O–H groups in total. The molecule has 0 fully saturated rings. The molecule has 0 aliphatic heterocycles. The van der Waals surface area contributed by atoms with Gasteiger partial charge in [0.05, 0.1) is 17.1 Å². The Bertz CT molecular complexity index is 1500. The Labute approximate surface area is 185 Å². The number of fused-ring (bicyclic) bond motifs is 2. The monoisotopic (exact) mass is 416 g/mol. The average molecular weight is 416 g/mol. The number of hydrogen-bond acceptors (Lipinski definition) is 6. The first-order chi connectivity index (χ1) is 15.7. The van der Waals surface area contributed by atoms with E-state index in [0.717, 1.165) is 44.3 Å². The number of nitriles is 1. The molecule has 0 atom stereocenters. The summed E-state index contributed by atoms with van der Waals surface area (Å²) in [4.78, 5) is 13.5. The molecule has 2 heterocycles. The predicted molar refractivity (Wildman–Crippen MR) is 129 cm³/mol. The van der Waals surface area contributed by atoms with Gasteiger partial charge in [-0.2, -0.15) is 5.26 Å². The SMILES string of the molecule is CNc1ncc2cc(-c3c(C)ccc4c(Nc5ccc(C#N)cc5)nccc34)ccc2n1. The van der Waals surface area contributed by atoms with E-state index in [0.29, 0.717) is 11.5 Å². The largest absolute Gasteiger partial charge is 0.357 e. The molecule has 0 saturated carbocycles. The van der Waals surface area contributed by atoms with Crippen molar-refractivity contribution in [1.29, 1.82) is 5.26 Å². The Hall–Kier alpha value is -4.50. The Morgan fingerprint density at radius 1 is 0.906 bits per heavy atom. The van der Waals surface area contributed by atoms with Gasteiger partial charge in [0.25, 0.3) is 0 Å². The summed E-state index contributed by atoms with van der Waals surface area (Å²) in [7, 11) is 1.81. The van der Waals surface area contributed by atoms with Gasteiger partial charge in [-0.25, -0.2) is 15.0 Å². The topological polar surface area (TPSA) is 86.5 Å². The number of nitrogens with zero attached hydrogens (tertiary/aromatic N) is 4. The van der Waals surface area contributed by atoms with Crippen LogP contribution in [0.15, 0.2) is 73.1 Å². The minimum absolute atomic E-state index is 0.608. The molecular weight excluding hydrogens is 396 g/mol. The van der Waals surface area contributed by atoms with Gasteiger partial charge < -0.3 is 10.6 Å². The van der Waals surface area contributed by atoms with Crippen molar-refractivity contribution >= 4 is 39.1 Å². The fourth-order valence-electron chi connectivity index (χ4n) is 3.92. The number of rotatable bonds is 4. The zero-order valence-electron chi connectivity index (χ0n) is 17.7. The highest BCUT2D eigenvalue weighted by molar-refractivity contribution is 6.04. The van der Waals surface area contributed by atoms with Crippen molar-refractivity contribution in [2.45, 2.75) is 6.92 Å². The smallest absolute Gasteiger partial charge is 0.222 e. The lowest BCUT2D eigenvalue weighted by Crippen LogP contribution is -1.97. The zero-order valence-corrected chi connectivity index (χ0v) is 17.7. The molecule has 0 spiro atoms. The standard InChI is InChI=1S/C26H20N6/c1-16-3-9-22-21(11-12-29-25(22)31-20-7-4-17(14-27)5-8-20)24(16)18-6-10-23-19(13-18)15-30-26(28-2)32-23/h3-13,15H,1-2H3,(H,29,31)(H,28,30,32). The summed E-state index contributed by atoms with van der Waals surface area (Å²) in [6, 6.07) is 22.0. The van der Waals surface area contributed by atoms with Crippen LogP contribution < -0.4 is 10.6 Å². The first kappa shape index (κ1) is 19.5. The Morgan fingerprint density at radius 2 is 1.75 bits per heavy atom. The van der Waals surface area contributed by atoms with Crippen molar-refractivity contribution in [3.8, 4) is 17.2 Å². The van der Waals surface area contributed by atoms with E-state index in [-0.39, 0.29) is 0 Å². The van der Waals surface area contributed by atoms with E-state index in [1.165, 1.54) is 5.56 Å². The van der Waals surface area contributed by atoms with Crippen LogP contribution in [0, 0.1) is 18.3 Å². The first-order valence-corrected chi connectivity index (χ1v) is 10.3. The van der Waals surface area contributed by atoms with E-state index in [9.17, 15) is 0 Å². The van der Waals surface area contributed by atoms with E-state index >= 15 is 0 Å². The molecular formula is C26H20N6. The first-order valence-electron chi connectivity index (χ1n) is 10.3. The summed E-state index contributed by atoms with van der Waals surface area (Å²) in [5.74, 6) is 1.38. The summed E-state index contributed by atoms with van der Waals surface area (Å²) >= 11 is 0. The summed E-state index contributed by atoms with van der Waals surface area (Å²) in [6.07, 6.45) is 3.66. The van der Waals surface area contributed by atoms with Gasteiger partial charge in [-0.1, -0.05) is 18.2 Å². The predicted octanol–water partition coefficient (Wildman–Crippen LogP) is 5.81. The van der Waals surface area contributed by atoms with Crippen LogP contribution in [0.25, 0.3) is 32.8 Å². The fourth-order valence-corrected chi connectivity index (χ4v) is 3.92. The number of hydrogen-bond donors (Lipinski definition) is 2. The lowest BCUT2D eigenvalue weighted by molar-refractivity contribution is 1.19. The molecule has 0 aliphatic carbocycles. The van der Waals surface area contributed by atoms with Gasteiger partial charge in [-0.05, 0) is 71.5 Å². The highest BCUT2D eigenvalue weighted by Crippen LogP contribution is 2.36. The molecule has 32 heavy (non-hydrogen) atoms. The molecule has 0 saturated heterocycles. The minimum atomic E-state index is 0.608. The van der Waals surface area contributed by atoms with Gasteiger partial charge in [0.15, 0.2) is 0 Å². The average Bonchev–Trinajstić information content (AvgIpc) is 2.84. The highest BCUT2D eigenvalue weighted by Gasteiger charge is 2.12. The third kappa shape index (κ3) is 3.46. The van der Waals surface area contributed by atoms with Crippen molar-refractivity contribution < 1.29 is 0 Å². The van der Waals surface area contributed by atoms with Crippen molar-refractivity contribution in [3.05, 3.63) is 84.2 Å². The van der Waals surface area contributed by atoms with Gasteiger partial charge in [-0.3, -0.25) is 0 Å². The molecule has 0 bridgehead atoms. The summed E-state index contributed by atoms with van der Waals surface area (Å²) in [5, 5.41) is 18.5. The maximum Gasteiger partial charge on any atom is 0.222 e. The zero-order chi connectivity index (χ0) is 22.1. The van der Waals surface area contributed by atoms with Crippen molar-refractivity contribution in [2.75, 3.05) is 17.7 Å². The van der Waals surface area contributed by atoms with E-state index in [2.05, 4.69) is 62.8 Å². The van der Waals surface area contributed by atoms with Crippen molar-refractivity contribution in [2.24, 2.45) is 0 Å². The van der Waals surface area contributed by atoms with Gasteiger partial charge in [0.2, 0.25) is 5.95 Å². The second kappa shape index (κ2) is 7.97. The van der Waals surface area contributed by atoms with E-state index < -0.39 is 0 Å². The Kier molecular flexibility index (Phi) is 4.85. The molecule has 154 valence electrons. The van der Waals surface area contributed by atoms with Crippen LogP contribution in [0.1, 0.15) is 11.1 Å². The van der Waals surface area contributed by atoms with E-state index in [1.807, 2.05) is 43.7 Å². The molecule has 5 aromatic rings. The molecule has 6 nitrogen and oxygen atoms in total. The molecule has 3 aromatic carbocycles. The maximum atomic E-state index is 9.02. The number of benzene rings is 3. The summed E-state index contributed by atoms with van der Waals surface area (Å²) in [6.45, 7) is 2.12.